The zero-order chi connectivity index (χ0) is 16.1. The van der Waals surface area contributed by atoms with Gasteiger partial charge in [-0.2, -0.15) is 0 Å². The van der Waals surface area contributed by atoms with E-state index in [0.717, 1.165) is 18.4 Å². The predicted molar refractivity (Wildman–Crippen MR) is 95.8 cm³/mol. The number of sulfone groups is 1. The van der Waals surface area contributed by atoms with Gasteiger partial charge in [-0.05, 0) is 12.0 Å². The van der Waals surface area contributed by atoms with E-state index in [1.807, 2.05) is 30.3 Å². The summed E-state index contributed by atoms with van der Waals surface area (Å²) in [5.74, 6) is 0.518. The van der Waals surface area contributed by atoms with Crippen LogP contribution in [-0.2, 0) is 15.6 Å². The van der Waals surface area contributed by atoms with Crippen LogP contribution < -0.4 is 0 Å². The van der Waals surface area contributed by atoms with Crippen molar-refractivity contribution in [2.24, 2.45) is 0 Å². The molecular weight excluding hydrogens is 292 g/mol. The minimum atomic E-state index is -2.94. The van der Waals surface area contributed by atoms with Crippen molar-refractivity contribution in [1.82, 2.24) is 0 Å². The van der Waals surface area contributed by atoms with Gasteiger partial charge in [0.2, 0.25) is 0 Å². The molecule has 126 valence electrons. The number of unbranched alkanes of at least 4 members (excludes halogenated alkanes) is 9. The van der Waals surface area contributed by atoms with Crippen molar-refractivity contribution >= 4 is 9.84 Å². The summed E-state index contributed by atoms with van der Waals surface area (Å²) in [6.07, 6.45) is 12.3. The van der Waals surface area contributed by atoms with Gasteiger partial charge in [0.15, 0.2) is 9.84 Å². The molecule has 0 N–H and O–H groups in total. The summed E-state index contributed by atoms with van der Waals surface area (Å²) < 4.78 is 24.1. The van der Waals surface area contributed by atoms with Crippen LogP contribution in [0.4, 0.5) is 0 Å². The van der Waals surface area contributed by atoms with Gasteiger partial charge < -0.3 is 0 Å². The molecule has 0 spiro atoms. The maximum Gasteiger partial charge on any atom is 0.154 e. The Morgan fingerprint density at radius 2 is 1.23 bits per heavy atom. The smallest absolute Gasteiger partial charge is 0.154 e. The number of hydrogen-bond donors (Lipinski definition) is 0. The third-order valence-electron chi connectivity index (χ3n) is 4.04. The van der Waals surface area contributed by atoms with E-state index >= 15 is 0 Å². The van der Waals surface area contributed by atoms with E-state index in [1.165, 1.54) is 51.4 Å². The molecular formula is C19H32O2S. The molecule has 0 aliphatic rings. The molecule has 1 aromatic carbocycles. The topological polar surface area (TPSA) is 34.1 Å². The molecule has 2 nitrogen and oxygen atoms in total. The van der Waals surface area contributed by atoms with Crippen LogP contribution in [0.15, 0.2) is 30.3 Å². The quantitative estimate of drug-likeness (QED) is 0.448. The van der Waals surface area contributed by atoms with Crippen LogP contribution in [0.3, 0.4) is 0 Å². The van der Waals surface area contributed by atoms with Crippen molar-refractivity contribution in [2.45, 2.75) is 76.9 Å². The molecule has 3 heteroatoms. The van der Waals surface area contributed by atoms with E-state index in [2.05, 4.69) is 6.92 Å². The zero-order valence-corrected chi connectivity index (χ0v) is 14.9. The molecule has 0 radical (unpaired) electrons. The fourth-order valence-corrected chi connectivity index (χ4v) is 4.20. The van der Waals surface area contributed by atoms with Crippen molar-refractivity contribution in [2.75, 3.05) is 5.75 Å². The highest BCUT2D eigenvalue weighted by Crippen LogP contribution is 2.12. The van der Waals surface area contributed by atoms with Crippen LogP contribution in [-0.4, -0.2) is 14.2 Å². The van der Waals surface area contributed by atoms with Gasteiger partial charge in [-0.25, -0.2) is 8.42 Å². The maximum atomic E-state index is 12.0. The van der Waals surface area contributed by atoms with E-state index in [4.69, 9.17) is 0 Å². The van der Waals surface area contributed by atoms with Gasteiger partial charge in [0.05, 0.1) is 11.5 Å². The van der Waals surface area contributed by atoms with Crippen LogP contribution in [0.1, 0.15) is 76.7 Å². The Morgan fingerprint density at radius 1 is 0.727 bits per heavy atom. The van der Waals surface area contributed by atoms with Gasteiger partial charge >= 0.3 is 0 Å². The van der Waals surface area contributed by atoms with Gasteiger partial charge in [-0.3, -0.25) is 0 Å². The first kappa shape index (κ1) is 19.2. The SMILES string of the molecule is CCCCCCCCCCCCS(=O)(=O)Cc1ccccc1. The van der Waals surface area contributed by atoms with Crippen molar-refractivity contribution < 1.29 is 8.42 Å². The highest BCUT2D eigenvalue weighted by atomic mass is 32.2. The number of rotatable bonds is 13. The van der Waals surface area contributed by atoms with Crippen molar-refractivity contribution in [3.8, 4) is 0 Å². The third-order valence-corrected chi connectivity index (χ3v) is 5.72. The Morgan fingerprint density at radius 3 is 1.77 bits per heavy atom. The summed E-state index contributed by atoms with van der Waals surface area (Å²) in [4.78, 5) is 0. The Kier molecular flexibility index (Phi) is 10.2. The molecule has 0 saturated heterocycles. The predicted octanol–water partition coefficient (Wildman–Crippen LogP) is 5.52. The Hall–Kier alpha value is -0.830. The summed E-state index contributed by atoms with van der Waals surface area (Å²) in [5, 5.41) is 0. The van der Waals surface area contributed by atoms with Gasteiger partial charge in [0.25, 0.3) is 0 Å². The molecule has 0 heterocycles. The first-order chi connectivity index (χ1) is 10.6. The van der Waals surface area contributed by atoms with Crippen molar-refractivity contribution in [3.05, 3.63) is 35.9 Å². The second-order valence-electron chi connectivity index (χ2n) is 6.26. The summed E-state index contributed by atoms with van der Waals surface area (Å²) in [5.41, 5.74) is 0.898. The highest BCUT2D eigenvalue weighted by Gasteiger charge is 2.11. The standard InChI is InChI=1S/C19H32O2S/c1-2-3-4-5-6-7-8-9-10-14-17-22(20,21)18-19-15-12-11-13-16-19/h11-13,15-16H,2-10,14,17-18H2,1H3. The summed E-state index contributed by atoms with van der Waals surface area (Å²) in [6, 6.07) is 9.47. The largest absolute Gasteiger partial charge is 0.228 e. The van der Waals surface area contributed by atoms with Gasteiger partial charge in [-0.1, -0.05) is 95.0 Å². The summed E-state index contributed by atoms with van der Waals surface area (Å²) in [6.45, 7) is 2.24. The molecule has 0 aromatic heterocycles. The van der Waals surface area contributed by atoms with Crippen LogP contribution in [0.25, 0.3) is 0 Å². The van der Waals surface area contributed by atoms with Gasteiger partial charge in [0, 0.05) is 0 Å². The molecule has 0 saturated carbocycles. The van der Waals surface area contributed by atoms with E-state index in [-0.39, 0.29) is 5.75 Å². The molecule has 1 aromatic rings. The van der Waals surface area contributed by atoms with E-state index < -0.39 is 9.84 Å². The van der Waals surface area contributed by atoms with E-state index in [9.17, 15) is 8.42 Å². The maximum absolute atomic E-state index is 12.0. The third kappa shape index (κ3) is 9.99. The Balaban J connectivity index is 2.02. The highest BCUT2D eigenvalue weighted by molar-refractivity contribution is 7.90. The Bertz CT molecular complexity index is 465. The second kappa shape index (κ2) is 11.7. The fraction of sp³-hybridized carbons (Fsp3) is 0.684. The van der Waals surface area contributed by atoms with Crippen molar-refractivity contribution in [3.63, 3.8) is 0 Å². The number of hydrogen-bond acceptors (Lipinski definition) is 2. The minimum absolute atomic E-state index is 0.186. The lowest BCUT2D eigenvalue weighted by atomic mass is 10.1. The Labute approximate surface area is 137 Å². The monoisotopic (exact) mass is 324 g/mol. The molecule has 0 unspecified atom stereocenters. The molecule has 1 rings (SSSR count). The lowest BCUT2D eigenvalue weighted by Gasteiger charge is -2.05. The lowest BCUT2D eigenvalue weighted by molar-refractivity contribution is 0.557. The normalized spacial score (nSPS) is 11.7. The van der Waals surface area contributed by atoms with Crippen LogP contribution in [0.2, 0.25) is 0 Å². The van der Waals surface area contributed by atoms with E-state index in [1.54, 1.807) is 0 Å². The molecule has 0 bridgehead atoms. The second-order valence-corrected chi connectivity index (χ2v) is 8.44. The molecule has 0 aliphatic carbocycles. The van der Waals surface area contributed by atoms with Crippen molar-refractivity contribution in [1.29, 1.82) is 0 Å². The van der Waals surface area contributed by atoms with Gasteiger partial charge in [0.1, 0.15) is 0 Å². The van der Waals surface area contributed by atoms with Crippen LogP contribution in [0.5, 0.6) is 0 Å². The average Bonchev–Trinajstić information content (AvgIpc) is 2.49. The zero-order valence-electron chi connectivity index (χ0n) is 14.1. The summed E-state index contributed by atoms with van der Waals surface area (Å²) >= 11 is 0. The fourth-order valence-electron chi connectivity index (χ4n) is 2.71. The van der Waals surface area contributed by atoms with Gasteiger partial charge in [-0.15, -0.1) is 0 Å². The van der Waals surface area contributed by atoms with Crippen LogP contribution in [0, 0.1) is 0 Å². The lowest BCUT2D eigenvalue weighted by Crippen LogP contribution is -2.09. The van der Waals surface area contributed by atoms with E-state index in [0.29, 0.717) is 5.75 Å². The average molecular weight is 325 g/mol. The summed E-state index contributed by atoms with van der Waals surface area (Å²) in [7, 11) is -2.94. The minimum Gasteiger partial charge on any atom is -0.228 e. The van der Waals surface area contributed by atoms with Crippen LogP contribution >= 0.6 is 0 Å². The molecule has 22 heavy (non-hydrogen) atoms. The number of benzene rings is 1. The molecule has 0 fully saturated rings. The molecule has 0 atom stereocenters. The first-order valence-corrected chi connectivity index (χ1v) is 10.7. The molecule has 0 aliphatic heterocycles. The first-order valence-electron chi connectivity index (χ1n) is 8.88. The molecule has 0 amide bonds.